The molecule has 0 aromatic carbocycles. The van der Waals surface area contributed by atoms with Crippen molar-refractivity contribution in [2.45, 2.75) is 44.7 Å². The lowest BCUT2D eigenvalue weighted by molar-refractivity contribution is 0.0590. The predicted molar refractivity (Wildman–Crippen MR) is 117 cm³/mol. The molecular formula is C24H30N4O3. The first-order valence-electron chi connectivity index (χ1n) is 11.4. The van der Waals surface area contributed by atoms with E-state index in [0.717, 1.165) is 37.3 Å². The molecule has 0 spiro atoms. The zero-order valence-corrected chi connectivity index (χ0v) is 18.1. The van der Waals surface area contributed by atoms with Crippen LogP contribution in [0.5, 0.6) is 5.75 Å². The fourth-order valence-electron chi connectivity index (χ4n) is 5.53. The van der Waals surface area contributed by atoms with Crippen molar-refractivity contribution in [1.82, 2.24) is 19.4 Å². The van der Waals surface area contributed by atoms with E-state index in [1.165, 1.54) is 19.3 Å². The van der Waals surface area contributed by atoms with Gasteiger partial charge in [-0.3, -0.25) is 19.5 Å². The quantitative estimate of drug-likeness (QED) is 0.757. The summed E-state index contributed by atoms with van der Waals surface area (Å²) in [6.45, 7) is 4.89. The maximum atomic E-state index is 13.3. The molecule has 5 rings (SSSR count). The van der Waals surface area contributed by atoms with E-state index < -0.39 is 0 Å². The van der Waals surface area contributed by atoms with Crippen molar-refractivity contribution in [1.29, 1.82) is 0 Å². The van der Waals surface area contributed by atoms with Gasteiger partial charge >= 0.3 is 0 Å². The summed E-state index contributed by atoms with van der Waals surface area (Å²) in [6.07, 6.45) is 7.98. The van der Waals surface area contributed by atoms with Crippen LogP contribution in [0.2, 0.25) is 0 Å². The van der Waals surface area contributed by atoms with Crippen LogP contribution in [0, 0.1) is 5.92 Å². The highest BCUT2D eigenvalue weighted by Crippen LogP contribution is 2.36. The third-order valence-corrected chi connectivity index (χ3v) is 7.04. The molecule has 2 bridgehead atoms. The van der Waals surface area contributed by atoms with E-state index in [9.17, 15) is 9.59 Å². The molecule has 0 radical (unpaired) electrons. The van der Waals surface area contributed by atoms with E-state index in [2.05, 4.69) is 16.0 Å². The van der Waals surface area contributed by atoms with Crippen molar-refractivity contribution in [3.63, 3.8) is 0 Å². The fourth-order valence-corrected chi connectivity index (χ4v) is 5.53. The number of rotatable bonds is 4. The molecular weight excluding hydrogens is 392 g/mol. The molecule has 2 saturated heterocycles. The number of amides is 1. The Hall–Kier alpha value is -2.67. The number of fused-ring (bicyclic) bond motifs is 4. The summed E-state index contributed by atoms with van der Waals surface area (Å²) in [6, 6.07) is 5.87. The predicted octanol–water partition coefficient (Wildman–Crippen LogP) is 2.50. The second-order valence-corrected chi connectivity index (χ2v) is 9.12. The van der Waals surface area contributed by atoms with Crippen LogP contribution in [0.4, 0.5) is 0 Å². The summed E-state index contributed by atoms with van der Waals surface area (Å²) >= 11 is 0. The van der Waals surface area contributed by atoms with E-state index >= 15 is 0 Å². The molecule has 31 heavy (non-hydrogen) atoms. The third-order valence-electron chi connectivity index (χ3n) is 7.04. The molecule has 164 valence electrons. The second kappa shape index (κ2) is 8.46. The molecule has 0 unspecified atom stereocenters. The molecule has 7 heteroatoms. The highest BCUT2D eigenvalue weighted by molar-refractivity contribution is 5.96. The number of methoxy groups -OCH3 is 1. The number of carbonyl (C=O) groups excluding carboxylic acids is 1. The van der Waals surface area contributed by atoms with E-state index in [1.54, 1.807) is 25.6 Å². The minimum Gasteiger partial charge on any atom is -0.496 e. The van der Waals surface area contributed by atoms with Crippen molar-refractivity contribution >= 4 is 5.91 Å². The van der Waals surface area contributed by atoms with E-state index in [1.807, 2.05) is 15.5 Å². The Morgan fingerprint density at radius 3 is 2.77 bits per heavy atom. The lowest BCUT2D eigenvalue weighted by Gasteiger charge is -2.43. The van der Waals surface area contributed by atoms with Gasteiger partial charge in [0, 0.05) is 55.7 Å². The van der Waals surface area contributed by atoms with Gasteiger partial charge in [-0.1, -0.05) is 12.5 Å². The Morgan fingerprint density at radius 1 is 1.13 bits per heavy atom. The smallest absolute Gasteiger partial charge is 0.259 e. The molecule has 0 N–H and O–H groups in total. The van der Waals surface area contributed by atoms with E-state index in [0.29, 0.717) is 36.9 Å². The second-order valence-electron chi connectivity index (χ2n) is 9.12. The van der Waals surface area contributed by atoms with Crippen LogP contribution in [0.25, 0.3) is 0 Å². The Labute approximate surface area is 182 Å². The largest absolute Gasteiger partial charge is 0.496 e. The molecule has 2 fully saturated rings. The summed E-state index contributed by atoms with van der Waals surface area (Å²) < 4.78 is 7.35. The number of carbonyl (C=O) groups is 1. The number of nitrogens with zero attached hydrogens (tertiary/aromatic N) is 4. The Kier molecular flexibility index (Phi) is 5.52. The number of likely N-dealkylation sites (tertiary alicyclic amines) is 2. The molecule has 3 aliphatic heterocycles. The normalized spacial score (nSPS) is 23.3. The van der Waals surface area contributed by atoms with Crippen molar-refractivity contribution in [2.75, 3.05) is 33.3 Å². The summed E-state index contributed by atoms with van der Waals surface area (Å²) in [5.74, 6) is 0.989. The lowest BCUT2D eigenvalue weighted by Crippen LogP contribution is -2.49. The van der Waals surface area contributed by atoms with Crippen LogP contribution in [0.3, 0.4) is 0 Å². The van der Waals surface area contributed by atoms with E-state index in [4.69, 9.17) is 4.74 Å². The van der Waals surface area contributed by atoms with Crippen LogP contribution in [-0.4, -0.2) is 58.5 Å². The molecule has 0 saturated carbocycles. The van der Waals surface area contributed by atoms with Gasteiger partial charge in [0.05, 0.1) is 12.7 Å². The number of hydrogen-bond donors (Lipinski definition) is 0. The zero-order valence-electron chi connectivity index (χ0n) is 18.1. The lowest BCUT2D eigenvalue weighted by atomic mass is 9.82. The summed E-state index contributed by atoms with van der Waals surface area (Å²) in [5, 5.41) is 0. The highest BCUT2D eigenvalue weighted by atomic mass is 16.5. The van der Waals surface area contributed by atoms with Crippen molar-refractivity contribution in [2.24, 2.45) is 5.92 Å². The molecule has 2 aromatic rings. The Balaban J connectivity index is 1.37. The molecule has 5 heterocycles. The van der Waals surface area contributed by atoms with Crippen molar-refractivity contribution in [3.05, 3.63) is 57.8 Å². The molecule has 0 aliphatic carbocycles. The highest BCUT2D eigenvalue weighted by Gasteiger charge is 2.37. The van der Waals surface area contributed by atoms with Gasteiger partial charge in [-0.25, -0.2) is 0 Å². The van der Waals surface area contributed by atoms with Crippen molar-refractivity contribution in [3.8, 4) is 5.75 Å². The van der Waals surface area contributed by atoms with Crippen LogP contribution in [0.1, 0.15) is 53.2 Å². The Morgan fingerprint density at radius 2 is 1.97 bits per heavy atom. The average Bonchev–Trinajstić information content (AvgIpc) is 2.81. The monoisotopic (exact) mass is 422 g/mol. The first kappa shape index (κ1) is 20.2. The number of hydrogen-bond acceptors (Lipinski definition) is 5. The zero-order chi connectivity index (χ0) is 21.4. The maximum Gasteiger partial charge on any atom is 0.259 e. The van der Waals surface area contributed by atoms with Crippen LogP contribution in [0.15, 0.2) is 35.4 Å². The average molecular weight is 423 g/mol. The summed E-state index contributed by atoms with van der Waals surface area (Å²) in [4.78, 5) is 34.9. The summed E-state index contributed by atoms with van der Waals surface area (Å²) in [7, 11) is 1.57. The van der Waals surface area contributed by atoms with Crippen molar-refractivity contribution < 1.29 is 9.53 Å². The SMILES string of the molecule is COc1ccncc1C(=O)N1C[C@@H]2C[C@H](C1)c1ccc(CN3CCCCC3)c(=O)n1C2. The van der Waals surface area contributed by atoms with Gasteiger partial charge in [-0.05, 0) is 50.4 Å². The van der Waals surface area contributed by atoms with Gasteiger partial charge in [-0.2, -0.15) is 0 Å². The Bertz CT molecular complexity index is 1030. The standard InChI is InChI=1S/C24H30N4O3/c1-31-22-7-8-25-12-20(22)24(30)27-13-17-11-19(16-27)21-6-5-18(23(29)28(21)14-17)15-26-9-3-2-4-10-26/h5-8,12,17,19H,2-4,9-11,13-16H2,1H3/t17-,19+/m0/s1. The first-order chi connectivity index (χ1) is 15.1. The number of piperidine rings is 2. The van der Waals surface area contributed by atoms with Crippen LogP contribution >= 0.6 is 0 Å². The maximum absolute atomic E-state index is 13.3. The van der Waals surface area contributed by atoms with Gasteiger partial charge in [0.15, 0.2) is 0 Å². The van der Waals surface area contributed by atoms with Gasteiger partial charge < -0.3 is 14.2 Å². The van der Waals surface area contributed by atoms with Gasteiger partial charge in [0.25, 0.3) is 11.5 Å². The number of pyridine rings is 2. The fraction of sp³-hybridized carbons (Fsp3) is 0.542. The van der Waals surface area contributed by atoms with Crippen LogP contribution < -0.4 is 10.3 Å². The van der Waals surface area contributed by atoms with Gasteiger partial charge in [0.2, 0.25) is 0 Å². The molecule has 1 amide bonds. The van der Waals surface area contributed by atoms with Gasteiger partial charge in [0.1, 0.15) is 5.75 Å². The first-order valence-corrected chi connectivity index (χ1v) is 11.4. The van der Waals surface area contributed by atoms with Crippen LogP contribution in [-0.2, 0) is 13.1 Å². The minimum atomic E-state index is -0.0443. The summed E-state index contributed by atoms with van der Waals surface area (Å²) in [5.41, 5.74) is 2.63. The van der Waals surface area contributed by atoms with Gasteiger partial charge in [-0.15, -0.1) is 0 Å². The molecule has 2 atom stereocenters. The molecule has 2 aromatic heterocycles. The number of aromatic nitrogens is 2. The van der Waals surface area contributed by atoms with E-state index in [-0.39, 0.29) is 17.4 Å². The molecule has 3 aliphatic rings. The minimum absolute atomic E-state index is 0.0443. The number of ether oxygens (including phenoxy) is 1. The third kappa shape index (κ3) is 3.87. The molecule has 7 nitrogen and oxygen atoms in total. The topological polar surface area (TPSA) is 67.7 Å².